The second-order valence-electron chi connectivity index (χ2n) is 3.88. The van der Waals surface area contributed by atoms with Crippen molar-refractivity contribution >= 4 is 5.91 Å². The van der Waals surface area contributed by atoms with Crippen LogP contribution in [0.4, 0.5) is 0 Å². The third kappa shape index (κ3) is 6.19. The van der Waals surface area contributed by atoms with E-state index in [1.54, 1.807) is 0 Å². The number of aliphatic hydroxyl groups excluding tert-OH is 1. The van der Waals surface area contributed by atoms with Crippen LogP contribution in [0.15, 0.2) is 24.3 Å². The molecular weight excluding hydrogens is 236 g/mol. The number of rotatable bonds is 8. The van der Waals surface area contributed by atoms with Crippen LogP contribution in [0.2, 0.25) is 0 Å². The van der Waals surface area contributed by atoms with Crippen LogP contribution >= 0.6 is 0 Å². The second-order valence-corrected chi connectivity index (χ2v) is 3.88. The number of primary amides is 1. The highest BCUT2D eigenvalue weighted by Crippen LogP contribution is 2.12. The minimum Gasteiger partial charge on any atom is -0.491 e. The molecule has 1 amide bonds. The van der Waals surface area contributed by atoms with Crippen LogP contribution in [0.25, 0.3) is 0 Å². The van der Waals surface area contributed by atoms with E-state index in [9.17, 15) is 9.90 Å². The number of carbonyl (C=O) groups is 1. The monoisotopic (exact) mass is 254 g/mol. The van der Waals surface area contributed by atoms with Crippen LogP contribution in [0.1, 0.15) is 5.56 Å². The summed E-state index contributed by atoms with van der Waals surface area (Å²) in [5.74, 6) is 0.125. The molecule has 0 radical (unpaired) electrons. The molecule has 0 spiro atoms. The van der Waals surface area contributed by atoms with Gasteiger partial charge in [-0.3, -0.25) is 9.63 Å². The largest absolute Gasteiger partial charge is 0.491 e. The molecule has 0 fully saturated rings. The summed E-state index contributed by atoms with van der Waals surface area (Å²) in [6.07, 6.45) is -0.738. The quantitative estimate of drug-likeness (QED) is 0.439. The lowest BCUT2D eigenvalue weighted by atomic mass is 10.2. The van der Waals surface area contributed by atoms with Crippen LogP contribution < -0.4 is 16.0 Å². The molecule has 1 aromatic carbocycles. The average Bonchev–Trinajstić information content (AvgIpc) is 2.32. The van der Waals surface area contributed by atoms with Crippen molar-refractivity contribution < 1.29 is 19.5 Å². The lowest BCUT2D eigenvalue weighted by Gasteiger charge is -2.13. The summed E-state index contributed by atoms with van der Waals surface area (Å²) in [4.78, 5) is 15.1. The number of hydroxylamine groups is 1. The fourth-order valence-corrected chi connectivity index (χ4v) is 1.23. The highest BCUT2D eigenvalue weighted by Gasteiger charge is 2.05. The van der Waals surface area contributed by atoms with Gasteiger partial charge in [0.2, 0.25) is 5.91 Å². The molecule has 6 nitrogen and oxygen atoms in total. The summed E-state index contributed by atoms with van der Waals surface area (Å²) in [5, 5.41) is 9.56. The first kappa shape index (κ1) is 14.4. The van der Waals surface area contributed by atoms with E-state index in [0.29, 0.717) is 5.75 Å². The van der Waals surface area contributed by atoms with E-state index in [1.807, 2.05) is 31.2 Å². The topological polar surface area (TPSA) is 93.8 Å². The summed E-state index contributed by atoms with van der Waals surface area (Å²) in [6, 6.07) is 7.54. The highest BCUT2D eigenvalue weighted by atomic mass is 16.6. The molecule has 0 aromatic heterocycles. The Hall–Kier alpha value is -1.63. The van der Waals surface area contributed by atoms with E-state index in [2.05, 4.69) is 5.48 Å². The van der Waals surface area contributed by atoms with Crippen molar-refractivity contribution in [2.75, 3.05) is 19.8 Å². The van der Waals surface area contributed by atoms with Crippen molar-refractivity contribution in [2.24, 2.45) is 5.73 Å². The number of nitrogens with two attached hydrogens (primary N) is 1. The van der Waals surface area contributed by atoms with Gasteiger partial charge in [-0.25, -0.2) is 0 Å². The molecule has 1 aromatic rings. The lowest BCUT2D eigenvalue weighted by Crippen LogP contribution is -2.33. The van der Waals surface area contributed by atoms with Gasteiger partial charge in [-0.1, -0.05) is 12.1 Å². The number of carbonyl (C=O) groups excluding carboxylic acids is 1. The van der Waals surface area contributed by atoms with Gasteiger partial charge in [0.05, 0.1) is 6.54 Å². The van der Waals surface area contributed by atoms with Crippen LogP contribution in [-0.4, -0.2) is 36.9 Å². The van der Waals surface area contributed by atoms with Crippen molar-refractivity contribution in [2.45, 2.75) is 13.0 Å². The van der Waals surface area contributed by atoms with Gasteiger partial charge in [0.15, 0.2) is 0 Å². The molecule has 0 aliphatic carbocycles. The zero-order valence-electron chi connectivity index (χ0n) is 10.3. The van der Waals surface area contributed by atoms with Gasteiger partial charge in [-0.15, -0.1) is 0 Å². The van der Waals surface area contributed by atoms with Crippen LogP contribution in [0.5, 0.6) is 5.75 Å². The number of amides is 1. The molecule has 1 atom stereocenters. The first-order valence-corrected chi connectivity index (χ1v) is 5.58. The van der Waals surface area contributed by atoms with E-state index < -0.39 is 12.0 Å². The molecule has 0 saturated carbocycles. The Morgan fingerprint density at radius 3 is 3.00 bits per heavy atom. The second kappa shape index (κ2) is 7.65. The normalized spacial score (nSPS) is 12.1. The minimum atomic E-state index is -0.738. The van der Waals surface area contributed by atoms with Gasteiger partial charge in [0.1, 0.15) is 25.1 Å². The number of aliphatic hydroxyl groups is 1. The van der Waals surface area contributed by atoms with E-state index in [1.165, 1.54) is 0 Å². The molecule has 1 unspecified atom stereocenters. The Bertz CT molecular complexity index is 384. The molecule has 0 bridgehead atoms. The number of ether oxygens (including phenoxy) is 1. The van der Waals surface area contributed by atoms with Crippen LogP contribution in [-0.2, 0) is 9.63 Å². The van der Waals surface area contributed by atoms with E-state index in [-0.39, 0.29) is 19.8 Å². The first-order chi connectivity index (χ1) is 8.58. The molecule has 0 saturated heterocycles. The smallest absolute Gasteiger partial charge is 0.245 e. The molecule has 18 heavy (non-hydrogen) atoms. The fraction of sp³-hybridized carbons (Fsp3) is 0.417. The molecule has 0 heterocycles. The van der Waals surface area contributed by atoms with Crippen molar-refractivity contribution in [1.82, 2.24) is 5.48 Å². The zero-order chi connectivity index (χ0) is 13.4. The average molecular weight is 254 g/mol. The Morgan fingerprint density at radius 1 is 1.56 bits per heavy atom. The molecule has 6 heteroatoms. The van der Waals surface area contributed by atoms with Gasteiger partial charge in [0.25, 0.3) is 0 Å². The lowest BCUT2D eigenvalue weighted by molar-refractivity contribution is -0.125. The number of hydrogen-bond donors (Lipinski definition) is 3. The Morgan fingerprint density at radius 2 is 2.33 bits per heavy atom. The molecular formula is C12H18N2O4. The molecule has 4 N–H and O–H groups in total. The minimum absolute atomic E-state index is 0.135. The highest BCUT2D eigenvalue weighted by molar-refractivity contribution is 5.74. The summed E-state index contributed by atoms with van der Waals surface area (Å²) in [7, 11) is 0. The number of nitrogens with one attached hydrogen (secondary N) is 1. The van der Waals surface area contributed by atoms with Gasteiger partial charge in [-0.2, -0.15) is 5.48 Å². The standard InChI is InChI=1S/C12H18N2O4/c1-9-3-2-4-11(5-9)17-7-10(15)6-14-18-8-12(13)16/h2-5,10,14-15H,6-8H2,1H3,(H2,13,16). The SMILES string of the molecule is Cc1cccc(OCC(O)CNOCC(N)=O)c1. The predicted molar refractivity (Wildman–Crippen MR) is 65.8 cm³/mol. The molecule has 0 aliphatic heterocycles. The van der Waals surface area contributed by atoms with Gasteiger partial charge >= 0.3 is 0 Å². The number of hydrogen-bond acceptors (Lipinski definition) is 5. The molecule has 1 rings (SSSR count). The fourth-order valence-electron chi connectivity index (χ4n) is 1.23. The first-order valence-electron chi connectivity index (χ1n) is 5.58. The third-order valence-corrected chi connectivity index (χ3v) is 2.07. The van der Waals surface area contributed by atoms with Crippen molar-refractivity contribution in [3.8, 4) is 5.75 Å². The summed E-state index contributed by atoms with van der Waals surface area (Å²) >= 11 is 0. The van der Waals surface area contributed by atoms with Crippen molar-refractivity contribution in [1.29, 1.82) is 0 Å². The summed E-state index contributed by atoms with van der Waals surface area (Å²) < 4.78 is 5.39. The number of aryl methyl sites for hydroxylation is 1. The number of benzene rings is 1. The molecule has 100 valence electrons. The van der Waals surface area contributed by atoms with E-state index >= 15 is 0 Å². The van der Waals surface area contributed by atoms with Gasteiger partial charge in [-0.05, 0) is 24.6 Å². The Kier molecular flexibility index (Phi) is 6.13. The third-order valence-electron chi connectivity index (χ3n) is 2.07. The van der Waals surface area contributed by atoms with Crippen LogP contribution in [0, 0.1) is 6.92 Å². The predicted octanol–water partition coefficient (Wildman–Crippen LogP) is -0.259. The van der Waals surface area contributed by atoms with Crippen LogP contribution in [0.3, 0.4) is 0 Å². The summed E-state index contributed by atoms with van der Waals surface area (Å²) in [6.45, 7) is 2.02. The maximum atomic E-state index is 10.4. The van der Waals surface area contributed by atoms with E-state index in [0.717, 1.165) is 5.56 Å². The summed E-state index contributed by atoms with van der Waals surface area (Å²) in [5.41, 5.74) is 8.39. The maximum Gasteiger partial charge on any atom is 0.245 e. The van der Waals surface area contributed by atoms with E-state index in [4.69, 9.17) is 15.3 Å². The zero-order valence-corrected chi connectivity index (χ0v) is 10.3. The maximum absolute atomic E-state index is 10.4. The van der Waals surface area contributed by atoms with Crippen molar-refractivity contribution in [3.05, 3.63) is 29.8 Å². The Balaban J connectivity index is 2.17. The van der Waals surface area contributed by atoms with Gasteiger partial charge < -0.3 is 15.6 Å². The molecule has 0 aliphatic rings. The Labute approximate surface area is 106 Å². The van der Waals surface area contributed by atoms with Gasteiger partial charge in [0, 0.05) is 0 Å². The van der Waals surface area contributed by atoms with Crippen molar-refractivity contribution in [3.63, 3.8) is 0 Å².